The molecule has 1 N–H and O–H groups in total. The van der Waals surface area contributed by atoms with Gasteiger partial charge in [-0.05, 0) is 35.9 Å². The summed E-state index contributed by atoms with van der Waals surface area (Å²) in [6.07, 6.45) is -0.568. The Bertz CT molecular complexity index is 532. The van der Waals surface area contributed by atoms with Gasteiger partial charge in [0.15, 0.2) is 0 Å². The van der Waals surface area contributed by atoms with E-state index in [1.807, 2.05) is 30.3 Å². The predicted molar refractivity (Wildman–Crippen MR) is 67.7 cm³/mol. The zero-order chi connectivity index (χ0) is 12.4. The first-order valence-electron chi connectivity index (χ1n) is 5.50. The molecule has 1 unspecified atom stereocenters. The van der Waals surface area contributed by atoms with E-state index in [4.69, 9.17) is 9.47 Å². The summed E-state index contributed by atoms with van der Waals surface area (Å²) in [4.78, 5) is 0. The second kappa shape index (κ2) is 4.63. The second-order valence-corrected chi connectivity index (χ2v) is 3.94. The van der Waals surface area contributed by atoms with Crippen molar-refractivity contribution in [3.8, 4) is 11.5 Å². The lowest BCUT2D eigenvalue weighted by atomic mass is 10.00. The summed E-state index contributed by atoms with van der Waals surface area (Å²) in [7, 11) is 3.25. The Hall–Kier alpha value is -1.74. The minimum absolute atomic E-state index is 0.568. The quantitative estimate of drug-likeness (QED) is 0.884. The third-order valence-corrected chi connectivity index (χ3v) is 2.87. The van der Waals surface area contributed by atoms with Crippen LogP contribution in [0.3, 0.4) is 0 Å². The summed E-state index contributed by atoms with van der Waals surface area (Å²) in [5, 5.41) is 11.9. The van der Waals surface area contributed by atoms with Crippen LogP contribution in [0.2, 0.25) is 0 Å². The van der Waals surface area contributed by atoms with Gasteiger partial charge >= 0.3 is 0 Å². The summed E-state index contributed by atoms with van der Waals surface area (Å²) >= 11 is 0. The van der Waals surface area contributed by atoms with Crippen LogP contribution >= 0.6 is 0 Å². The van der Waals surface area contributed by atoms with Gasteiger partial charge in [-0.2, -0.15) is 0 Å². The average molecular weight is 232 g/mol. The van der Waals surface area contributed by atoms with E-state index in [2.05, 4.69) is 0 Å². The third kappa shape index (κ3) is 2.06. The van der Waals surface area contributed by atoms with Gasteiger partial charge in [0.05, 0.1) is 20.3 Å². The number of hydrogen-bond donors (Lipinski definition) is 1. The highest BCUT2D eigenvalue weighted by Gasteiger charge is 2.13. The Morgan fingerprint density at radius 2 is 1.82 bits per heavy atom. The molecule has 0 radical (unpaired) electrons. The Morgan fingerprint density at radius 3 is 2.41 bits per heavy atom. The molecule has 0 spiro atoms. The van der Waals surface area contributed by atoms with Crippen LogP contribution in [0.25, 0.3) is 10.8 Å². The Labute approximate surface area is 101 Å². The minimum Gasteiger partial charge on any atom is -0.497 e. The number of aliphatic hydroxyl groups excluding tert-OH is 1. The lowest BCUT2D eigenvalue weighted by Crippen LogP contribution is -1.98. The van der Waals surface area contributed by atoms with Crippen molar-refractivity contribution in [2.24, 2.45) is 0 Å². The molecule has 0 aliphatic rings. The first kappa shape index (κ1) is 11.7. The van der Waals surface area contributed by atoms with Crippen molar-refractivity contribution in [1.82, 2.24) is 0 Å². The topological polar surface area (TPSA) is 38.7 Å². The van der Waals surface area contributed by atoms with Crippen molar-refractivity contribution in [1.29, 1.82) is 0 Å². The predicted octanol–water partition coefficient (Wildman–Crippen LogP) is 2.91. The molecule has 1 atom stereocenters. The highest BCUT2D eigenvalue weighted by molar-refractivity contribution is 5.89. The molecule has 2 rings (SSSR count). The molecule has 17 heavy (non-hydrogen) atoms. The summed E-state index contributed by atoms with van der Waals surface area (Å²) < 4.78 is 10.5. The first-order valence-corrected chi connectivity index (χ1v) is 5.50. The molecular weight excluding hydrogens is 216 g/mol. The zero-order valence-corrected chi connectivity index (χ0v) is 10.2. The summed E-state index contributed by atoms with van der Waals surface area (Å²) in [6.45, 7) is 1.74. The maximum Gasteiger partial charge on any atom is 0.125 e. The molecule has 0 saturated heterocycles. The van der Waals surface area contributed by atoms with Crippen LogP contribution in [0.5, 0.6) is 11.5 Å². The van der Waals surface area contributed by atoms with Crippen LogP contribution in [0.4, 0.5) is 0 Å². The molecule has 0 fully saturated rings. The molecule has 3 nitrogen and oxygen atoms in total. The minimum atomic E-state index is -0.568. The number of aliphatic hydroxyl groups is 1. The molecule has 0 aliphatic carbocycles. The van der Waals surface area contributed by atoms with E-state index in [9.17, 15) is 5.11 Å². The number of fused-ring (bicyclic) bond motifs is 1. The van der Waals surface area contributed by atoms with Gasteiger partial charge in [0.2, 0.25) is 0 Å². The van der Waals surface area contributed by atoms with Crippen LogP contribution in [-0.2, 0) is 0 Å². The van der Waals surface area contributed by atoms with E-state index in [1.165, 1.54) is 0 Å². The van der Waals surface area contributed by atoms with Crippen molar-refractivity contribution < 1.29 is 14.6 Å². The van der Waals surface area contributed by atoms with Gasteiger partial charge in [-0.1, -0.05) is 12.1 Å². The van der Waals surface area contributed by atoms with Crippen molar-refractivity contribution in [2.75, 3.05) is 14.2 Å². The highest BCUT2D eigenvalue weighted by atomic mass is 16.5. The fourth-order valence-electron chi connectivity index (χ4n) is 2.05. The lowest BCUT2D eigenvalue weighted by molar-refractivity contribution is 0.196. The fourth-order valence-corrected chi connectivity index (χ4v) is 2.05. The van der Waals surface area contributed by atoms with Crippen molar-refractivity contribution in [2.45, 2.75) is 13.0 Å². The SMILES string of the molecule is COc1ccc2c(C(C)O)c(OC)ccc2c1. The highest BCUT2D eigenvalue weighted by Crippen LogP contribution is 2.34. The standard InChI is InChI=1S/C14H16O3/c1-9(15)14-12-6-5-11(16-2)8-10(12)4-7-13(14)17-3/h4-9,15H,1-3H3. The van der Waals surface area contributed by atoms with E-state index in [1.54, 1.807) is 21.1 Å². The molecule has 2 aromatic carbocycles. The first-order chi connectivity index (χ1) is 8.17. The third-order valence-electron chi connectivity index (χ3n) is 2.87. The summed E-state index contributed by atoms with van der Waals surface area (Å²) in [6, 6.07) is 9.60. The zero-order valence-electron chi connectivity index (χ0n) is 10.2. The lowest BCUT2D eigenvalue weighted by Gasteiger charge is -2.14. The normalized spacial score (nSPS) is 12.5. The molecule has 0 aromatic heterocycles. The molecule has 0 aliphatic heterocycles. The van der Waals surface area contributed by atoms with E-state index in [0.29, 0.717) is 5.75 Å². The van der Waals surface area contributed by atoms with Crippen LogP contribution in [0.1, 0.15) is 18.6 Å². The van der Waals surface area contributed by atoms with Gasteiger partial charge in [0.25, 0.3) is 0 Å². The van der Waals surface area contributed by atoms with E-state index < -0.39 is 6.10 Å². The van der Waals surface area contributed by atoms with Crippen molar-refractivity contribution in [3.05, 3.63) is 35.9 Å². The molecule has 0 bridgehead atoms. The number of hydrogen-bond acceptors (Lipinski definition) is 3. The Morgan fingerprint density at radius 1 is 1.06 bits per heavy atom. The monoisotopic (exact) mass is 232 g/mol. The number of methoxy groups -OCH3 is 2. The van der Waals surface area contributed by atoms with Gasteiger partial charge in [-0.15, -0.1) is 0 Å². The van der Waals surface area contributed by atoms with Crippen LogP contribution < -0.4 is 9.47 Å². The molecule has 90 valence electrons. The molecular formula is C14H16O3. The van der Waals surface area contributed by atoms with Crippen molar-refractivity contribution in [3.63, 3.8) is 0 Å². The van der Waals surface area contributed by atoms with Crippen LogP contribution in [0.15, 0.2) is 30.3 Å². The molecule has 0 amide bonds. The van der Waals surface area contributed by atoms with Crippen LogP contribution in [-0.4, -0.2) is 19.3 Å². The summed E-state index contributed by atoms with van der Waals surface area (Å²) in [5.41, 5.74) is 0.813. The Kier molecular flexibility index (Phi) is 3.20. The van der Waals surface area contributed by atoms with E-state index >= 15 is 0 Å². The largest absolute Gasteiger partial charge is 0.497 e. The maximum absolute atomic E-state index is 9.85. The van der Waals surface area contributed by atoms with E-state index in [0.717, 1.165) is 22.1 Å². The van der Waals surface area contributed by atoms with Gasteiger partial charge in [0, 0.05) is 5.56 Å². The second-order valence-electron chi connectivity index (χ2n) is 3.94. The van der Waals surface area contributed by atoms with Crippen molar-refractivity contribution >= 4 is 10.8 Å². The van der Waals surface area contributed by atoms with Gasteiger partial charge in [-0.3, -0.25) is 0 Å². The summed E-state index contributed by atoms with van der Waals surface area (Å²) in [5.74, 6) is 1.51. The molecule has 3 heteroatoms. The molecule has 0 saturated carbocycles. The smallest absolute Gasteiger partial charge is 0.125 e. The van der Waals surface area contributed by atoms with Gasteiger partial charge < -0.3 is 14.6 Å². The van der Waals surface area contributed by atoms with Gasteiger partial charge in [-0.25, -0.2) is 0 Å². The van der Waals surface area contributed by atoms with Gasteiger partial charge in [0.1, 0.15) is 11.5 Å². The number of ether oxygens (including phenoxy) is 2. The Balaban J connectivity index is 2.72. The fraction of sp³-hybridized carbons (Fsp3) is 0.286. The molecule has 0 heterocycles. The van der Waals surface area contributed by atoms with E-state index in [-0.39, 0.29) is 0 Å². The van der Waals surface area contributed by atoms with Crippen LogP contribution in [0, 0.1) is 0 Å². The molecule has 2 aromatic rings. The maximum atomic E-state index is 9.85. The number of benzene rings is 2. The average Bonchev–Trinajstić information content (AvgIpc) is 2.36. The number of rotatable bonds is 3.